The van der Waals surface area contributed by atoms with Gasteiger partial charge >= 0.3 is 5.97 Å². The number of nitrogens with zero attached hydrogens (tertiary/aromatic N) is 3. The van der Waals surface area contributed by atoms with E-state index in [4.69, 9.17) is 4.74 Å². The Morgan fingerprint density at radius 1 is 1.03 bits per heavy atom. The van der Waals surface area contributed by atoms with E-state index in [1.54, 1.807) is 23.7 Å². The molecule has 0 saturated carbocycles. The van der Waals surface area contributed by atoms with Crippen molar-refractivity contribution >= 4 is 39.8 Å². The molecule has 0 N–H and O–H groups in total. The highest BCUT2D eigenvalue weighted by molar-refractivity contribution is 7.15. The zero-order valence-corrected chi connectivity index (χ0v) is 17.6. The fourth-order valence-corrected chi connectivity index (χ4v) is 4.32. The summed E-state index contributed by atoms with van der Waals surface area (Å²) in [6.07, 6.45) is 1.62. The first-order valence-corrected chi connectivity index (χ1v) is 10.5. The van der Waals surface area contributed by atoms with E-state index in [1.807, 2.05) is 19.1 Å². The summed E-state index contributed by atoms with van der Waals surface area (Å²) in [4.78, 5) is 56.3. The lowest BCUT2D eigenvalue weighted by molar-refractivity contribution is 0.0467. The van der Waals surface area contributed by atoms with E-state index in [2.05, 4.69) is 4.98 Å². The topological polar surface area (TPSA) is 98.1 Å². The molecule has 0 fully saturated rings. The largest absolute Gasteiger partial charge is 0.456 e. The Bertz CT molecular complexity index is 1490. The molecular weight excluding hydrogens is 430 g/mol. The van der Waals surface area contributed by atoms with E-state index in [9.17, 15) is 19.2 Å². The molecule has 0 spiro atoms. The quantitative estimate of drug-likeness (QED) is 0.353. The van der Waals surface area contributed by atoms with Crippen molar-refractivity contribution in [1.29, 1.82) is 0 Å². The molecule has 2 aromatic carbocycles. The number of hydrogen-bond donors (Lipinski definition) is 0. The van der Waals surface area contributed by atoms with Gasteiger partial charge in [0.2, 0.25) is 0 Å². The molecule has 0 saturated heterocycles. The maximum absolute atomic E-state index is 13.0. The number of thiazole rings is 1. The summed E-state index contributed by atoms with van der Waals surface area (Å²) in [5.41, 5.74) is 1.85. The monoisotopic (exact) mass is 445 g/mol. The fourth-order valence-electron chi connectivity index (χ4n) is 3.59. The Labute approximate surface area is 185 Å². The summed E-state index contributed by atoms with van der Waals surface area (Å²) in [6, 6.07) is 12.7. The molecule has 8 nitrogen and oxygen atoms in total. The van der Waals surface area contributed by atoms with E-state index in [0.717, 1.165) is 10.5 Å². The standard InChI is InChI=1S/C23H15N3O5S/c1-13-4-2-3-5-18(13)26-20(28)16-7-6-14(10-17(16)21(26)29)22(30)31-12-15-11-19(27)25-8-9-32-23(25)24-15/h2-11H,12H2,1H3. The van der Waals surface area contributed by atoms with Crippen LogP contribution < -0.4 is 10.5 Å². The normalized spacial score (nSPS) is 13.0. The van der Waals surface area contributed by atoms with Gasteiger partial charge in [-0.25, -0.2) is 14.7 Å². The molecule has 3 heterocycles. The molecule has 0 radical (unpaired) electrons. The Morgan fingerprint density at radius 3 is 2.62 bits per heavy atom. The predicted molar refractivity (Wildman–Crippen MR) is 117 cm³/mol. The van der Waals surface area contributed by atoms with Gasteiger partial charge < -0.3 is 4.74 Å². The minimum Gasteiger partial charge on any atom is -0.456 e. The molecule has 9 heteroatoms. The first kappa shape index (κ1) is 19.8. The van der Waals surface area contributed by atoms with Gasteiger partial charge in [0.15, 0.2) is 4.96 Å². The molecular formula is C23H15N3O5S. The number of carbonyl (C=O) groups is 3. The Kier molecular flexibility index (Phi) is 4.67. The number of amides is 2. The number of esters is 1. The van der Waals surface area contributed by atoms with Crippen LogP contribution in [0.5, 0.6) is 0 Å². The minimum atomic E-state index is -0.685. The summed E-state index contributed by atoms with van der Waals surface area (Å²) in [5.74, 6) is -1.62. The van der Waals surface area contributed by atoms with Crippen LogP contribution in [-0.2, 0) is 11.3 Å². The van der Waals surface area contributed by atoms with Crippen LogP contribution in [0.1, 0.15) is 42.3 Å². The first-order chi connectivity index (χ1) is 15.4. The lowest BCUT2D eigenvalue weighted by Gasteiger charge is -2.16. The highest BCUT2D eigenvalue weighted by atomic mass is 32.1. The van der Waals surface area contributed by atoms with Crippen molar-refractivity contribution in [2.75, 3.05) is 4.90 Å². The molecule has 0 bridgehead atoms. The lowest BCUT2D eigenvalue weighted by Crippen LogP contribution is -2.29. The van der Waals surface area contributed by atoms with Crippen LogP contribution in [-0.4, -0.2) is 27.2 Å². The van der Waals surface area contributed by atoms with Gasteiger partial charge in [0.25, 0.3) is 17.4 Å². The van der Waals surface area contributed by atoms with E-state index in [1.165, 1.54) is 40.0 Å². The summed E-state index contributed by atoms with van der Waals surface area (Å²) < 4.78 is 6.69. The van der Waals surface area contributed by atoms with Gasteiger partial charge in [0.1, 0.15) is 6.61 Å². The zero-order chi connectivity index (χ0) is 22.4. The molecule has 4 aromatic rings. The van der Waals surface area contributed by atoms with Gasteiger partial charge in [-0.05, 0) is 36.8 Å². The number of rotatable bonds is 4. The second-order valence-electron chi connectivity index (χ2n) is 7.21. The van der Waals surface area contributed by atoms with Crippen LogP contribution >= 0.6 is 11.3 Å². The molecule has 5 rings (SSSR count). The van der Waals surface area contributed by atoms with Crippen molar-refractivity contribution in [2.24, 2.45) is 0 Å². The van der Waals surface area contributed by atoms with Gasteiger partial charge in [-0.15, -0.1) is 11.3 Å². The van der Waals surface area contributed by atoms with Crippen LogP contribution in [0.15, 0.2) is 64.9 Å². The number of aromatic nitrogens is 2. The van der Waals surface area contributed by atoms with Crippen molar-refractivity contribution in [3.8, 4) is 0 Å². The van der Waals surface area contributed by atoms with Crippen molar-refractivity contribution in [3.63, 3.8) is 0 Å². The first-order valence-electron chi connectivity index (χ1n) is 9.65. The summed E-state index contributed by atoms with van der Waals surface area (Å²) in [6.45, 7) is 1.62. The Hall–Kier alpha value is -4.11. The number of anilines is 1. The van der Waals surface area contributed by atoms with E-state index in [-0.39, 0.29) is 28.9 Å². The Morgan fingerprint density at radius 2 is 1.81 bits per heavy atom. The van der Waals surface area contributed by atoms with Crippen LogP contribution in [0.3, 0.4) is 0 Å². The second-order valence-corrected chi connectivity index (χ2v) is 8.08. The molecule has 2 amide bonds. The maximum Gasteiger partial charge on any atom is 0.338 e. The number of ether oxygens (including phenoxy) is 1. The summed E-state index contributed by atoms with van der Waals surface area (Å²) >= 11 is 1.30. The van der Waals surface area contributed by atoms with Crippen molar-refractivity contribution in [1.82, 2.24) is 9.38 Å². The third kappa shape index (κ3) is 3.19. The van der Waals surface area contributed by atoms with Crippen LogP contribution in [0.4, 0.5) is 5.69 Å². The third-order valence-corrected chi connectivity index (χ3v) is 5.94. The molecule has 1 aliphatic heterocycles. The molecule has 0 atom stereocenters. The molecule has 0 unspecified atom stereocenters. The lowest BCUT2D eigenvalue weighted by atomic mass is 10.1. The summed E-state index contributed by atoms with van der Waals surface area (Å²) in [5, 5.41) is 1.74. The Balaban J connectivity index is 1.38. The average Bonchev–Trinajstić information content (AvgIpc) is 3.36. The minimum absolute atomic E-state index is 0.130. The van der Waals surface area contributed by atoms with Gasteiger partial charge in [-0.1, -0.05) is 18.2 Å². The van der Waals surface area contributed by atoms with Crippen LogP contribution in [0.25, 0.3) is 4.96 Å². The van der Waals surface area contributed by atoms with E-state index < -0.39 is 17.8 Å². The third-order valence-electron chi connectivity index (χ3n) is 5.19. The SMILES string of the molecule is Cc1ccccc1N1C(=O)c2ccc(C(=O)OCc3cc(=O)n4ccsc4n3)cc2C1=O. The molecule has 158 valence electrons. The smallest absolute Gasteiger partial charge is 0.338 e. The molecule has 1 aliphatic rings. The number of benzene rings is 2. The number of aryl methyl sites for hydroxylation is 1. The molecule has 0 aliphatic carbocycles. The van der Waals surface area contributed by atoms with Crippen molar-refractivity contribution in [3.05, 3.63) is 98.4 Å². The van der Waals surface area contributed by atoms with E-state index in [0.29, 0.717) is 16.3 Å². The van der Waals surface area contributed by atoms with Gasteiger partial charge in [0.05, 0.1) is 28.1 Å². The highest BCUT2D eigenvalue weighted by Crippen LogP contribution is 2.31. The fraction of sp³-hybridized carbons (Fsp3) is 0.0870. The second kappa shape index (κ2) is 7.54. The number of hydrogen-bond acceptors (Lipinski definition) is 7. The van der Waals surface area contributed by atoms with Crippen LogP contribution in [0, 0.1) is 6.92 Å². The van der Waals surface area contributed by atoms with Crippen LogP contribution in [0.2, 0.25) is 0 Å². The summed E-state index contributed by atoms with van der Waals surface area (Å²) in [7, 11) is 0. The number of fused-ring (bicyclic) bond motifs is 2. The van der Waals surface area contributed by atoms with Gasteiger partial charge in [0, 0.05) is 17.6 Å². The molecule has 2 aromatic heterocycles. The maximum atomic E-state index is 13.0. The zero-order valence-electron chi connectivity index (χ0n) is 16.8. The van der Waals surface area contributed by atoms with E-state index >= 15 is 0 Å². The predicted octanol–water partition coefficient (Wildman–Crippen LogP) is 3.22. The van der Waals surface area contributed by atoms with Crippen molar-refractivity contribution in [2.45, 2.75) is 13.5 Å². The molecule has 32 heavy (non-hydrogen) atoms. The number of imide groups is 1. The van der Waals surface area contributed by atoms with Gasteiger partial charge in [-0.3, -0.25) is 18.8 Å². The number of carbonyl (C=O) groups excluding carboxylic acids is 3. The van der Waals surface area contributed by atoms with Gasteiger partial charge in [-0.2, -0.15) is 0 Å². The number of para-hydroxylation sites is 1. The highest BCUT2D eigenvalue weighted by Gasteiger charge is 2.37. The van der Waals surface area contributed by atoms with Crippen molar-refractivity contribution < 1.29 is 19.1 Å². The average molecular weight is 445 g/mol.